The number of sulfone groups is 1. The molecule has 1 aliphatic carbocycles. The average molecular weight is 607 g/mol. The summed E-state index contributed by atoms with van der Waals surface area (Å²) in [5, 5.41) is 6.32. The molecule has 1 amide bonds. The van der Waals surface area contributed by atoms with Crippen LogP contribution in [0.3, 0.4) is 0 Å². The fourth-order valence-corrected chi connectivity index (χ4v) is 4.76. The van der Waals surface area contributed by atoms with Crippen molar-refractivity contribution in [1.29, 1.82) is 0 Å². The normalized spacial score (nSPS) is 12.9. The third-order valence-electron chi connectivity index (χ3n) is 6.03. The third-order valence-corrected chi connectivity index (χ3v) is 7.11. The molecule has 2 aromatic heterocycles. The number of halogens is 2. The number of benzene rings is 2. The van der Waals surface area contributed by atoms with Crippen LogP contribution in [0.2, 0.25) is 5.02 Å². The molecule has 1 saturated carbocycles. The van der Waals surface area contributed by atoms with E-state index in [-0.39, 0.29) is 19.0 Å². The maximum atomic E-state index is 11.8. The molecule has 0 bridgehead atoms. The second-order valence-corrected chi connectivity index (χ2v) is 12.0. The lowest BCUT2D eigenvalue weighted by atomic mass is 10.2. The molecular formula is C27H29Cl2N5O5S. The molecule has 13 heteroatoms. The Morgan fingerprint density at radius 1 is 1.12 bits per heavy atom. The molecule has 2 heterocycles. The van der Waals surface area contributed by atoms with Gasteiger partial charge in [-0.2, -0.15) is 0 Å². The lowest BCUT2D eigenvalue weighted by Gasteiger charge is -2.13. The first kappa shape index (κ1) is 29.4. The van der Waals surface area contributed by atoms with Crippen molar-refractivity contribution in [2.24, 2.45) is 5.92 Å². The molecule has 2 aromatic carbocycles. The Kier molecular flexibility index (Phi) is 9.39. The number of hydrogen-bond donors (Lipinski definition) is 2. The van der Waals surface area contributed by atoms with Gasteiger partial charge in [-0.25, -0.2) is 18.4 Å². The van der Waals surface area contributed by atoms with Gasteiger partial charge < -0.3 is 24.7 Å². The van der Waals surface area contributed by atoms with Gasteiger partial charge in [-0.1, -0.05) is 17.7 Å². The van der Waals surface area contributed by atoms with Crippen LogP contribution in [-0.2, 0) is 21.2 Å². The Morgan fingerprint density at radius 3 is 2.67 bits per heavy atom. The fourth-order valence-electron chi connectivity index (χ4n) is 3.97. The van der Waals surface area contributed by atoms with E-state index in [0.717, 1.165) is 24.1 Å². The minimum atomic E-state index is -3.39. The number of fused-ring (bicyclic) bond motifs is 1. The first-order valence-electron chi connectivity index (χ1n) is 12.4. The van der Waals surface area contributed by atoms with Crippen molar-refractivity contribution < 1.29 is 22.7 Å². The monoisotopic (exact) mass is 605 g/mol. The highest BCUT2D eigenvalue weighted by atomic mass is 35.5. The summed E-state index contributed by atoms with van der Waals surface area (Å²) < 4.78 is 36.3. The van der Waals surface area contributed by atoms with Crippen LogP contribution >= 0.6 is 24.0 Å². The van der Waals surface area contributed by atoms with Crippen LogP contribution in [0.4, 0.5) is 11.5 Å². The van der Waals surface area contributed by atoms with Crippen molar-refractivity contribution in [1.82, 2.24) is 19.9 Å². The van der Waals surface area contributed by atoms with E-state index in [1.54, 1.807) is 12.1 Å². The number of carbonyl (C=O) groups excluding carboxylic acids is 1. The molecule has 40 heavy (non-hydrogen) atoms. The highest BCUT2D eigenvalue weighted by Crippen LogP contribution is 2.35. The molecule has 0 atom stereocenters. The maximum Gasteiger partial charge on any atom is 0.235 e. The Bertz CT molecular complexity index is 1610. The zero-order chi connectivity index (χ0) is 27.4. The Morgan fingerprint density at radius 2 is 1.93 bits per heavy atom. The minimum absolute atomic E-state index is 0. The molecule has 2 N–H and O–H groups in total. The van der Waals surface area contributed by atoms with Crippen LogP contribution < -0.4 is 20.1 Å². The summed E-state index contributed by atoms with van der Waals surface area (Å²) in [5.41, 5.74) is 2.14. The van der Waals surface area contributed by atoms with Gasteiger partial charge in [0.05, 0.1) is 17.1 Å². The highest BCUT2D eigenvalue weighted by molar-refractivity contribution is 7.91. The van der Waals surface area contributed by atoms with Crippen molar-refractivity contribution in [3.8, 4) is 17.2 Å². The molecular weight excluding hydrogens is 577 g/mol. The predicted octanol–water partition coefficient (Wildman–Crippen LogP) is 4.99. The molecule has 212 valence electrons. The number of amides is 1. The van der Waals surface area contributed by atoms with Crippen LogP contribution in [0.5, 0.6) is 17.2 Å². The summed E-state index contributed by atoms with van der Waals surface area (Å²) in [6, 6.07) is 14.7. The summed E-state index contributed by atoms with van der Waals surface area (Å²) in [7, 11) is -3.39. The van der Waals surface area contributed by atoms with Gasteiger partial charge in [-0.05, 0) is 55.2 Å². The van der Waals surface area contributed by atoms with Crippen LogP contribution in [0, 0.1) is 5.92 Å². The molecule has 0 radical (unpaired) electrons. The maximum absolute atomic E-state index is 11.8. The summed E-state index contributed by atoms with van der Waals surface area (Å²) >= 11 is 6.55. The topological polar surface area (TPSA) is 124 Å². The van der Waals surface area contributed by atoms with Gasteiger partial charge in [0.25, 0.3) is 0 Å². The molecule has 0 unspecified atom stereocenters. The van der Waals surface area contributed by atoms with Crippen molar-refractivity contribution in [2.45, 2.75) is 19.4 Å². The Labute approximate surface area is 243 Å². The number of carbonyl (C=O) groups is 1. The average Bonchev–Trinajstić information content (AvgIpc) is 3.62. The van der Waals surface area contributed by atoms with Gasteiger partial charge in [0.1, 0.15) is 34.8 Å². The lowest BCUT2D eigenvalue weighted by molar-refractivity contribution is -0.118. The number of anilines is 2. The number of rotatable bonds is 12. The molecule has 10 nitrogen and oxygen atoms in total. The molecule has 0 saturated heterocycles. The van der Waals surface area contributed by atoms with Gasteiger partial charge in [0.2, 0.25) is 5.91 Å². The Hall–Kier alpha value is -3.54. The summed E-state index contributed by atoms with van der Waals surface area (Å²) in [6.07, 6.45) is 6.77. The van der Waals surface area contributed by atoms with Crippen molar-refractivity contribution in [3.05, 3.63) is 66.1 Å². The lowest BCUT2D eigenvalue weighted by Crippen LogP contribution is -2.32. The van der Waals surface area contributed by atoms with E-state index >= 15 is 0 Å². The van der Waals surface area contributed by atoms with Crippen molar-refractivity contribution in [2.75, 3.05) is 30.5 Å². The van der Waals surface area contributed by atoms with E-state index in [1.165, 1.54) is 19.2 Å². The smallest absolute Gasteiger partial charge is 0.235 e. The number of ether oxygens (including phenoxy) is 2. The quantitative estimate of drug-likeness (QED) is 0.231. The van der Waals surface area contributed by atoms with Crippen LogP contribution in [0.15, 0.2) is 61.1 Å². The minimum Gasteiger partial charge on any atom is -0.493 e. The van der Waals surface area contributed by atoms with E-state index in [9.17, 15) is 13.2 Å². The molecule has 1 aliphatic rings. The molecule has 0 aliphatic heterocycles. The largest absolute Gasteiger partial charge is 0.493 e. The summed E-state index contributed by atoms with van der Waals surface area (Å²) in [5.74, 6) is 2.02. The van der Waals surface area contributed by atoms with E-state index in [4.69, 9.17) is 21.1 Å². The van der Waals surface area contributed by atoms with E-state index in [2.05, 4.69) is 20.6 Å². The van der Waals surface area contributed by atoms with Crippen LogP contribution in [-0.4, -0.2) is 54.0 Å². The van der Waals surface area contributed by atoms with Gasteiger partial charge in [0, 0.05) is 37.3 Å². The predicted molar refractivity (Wildman–Crippen MR) is 157 cm³/mol. The Balaban J connectivity index is 0.00000370. The molecule has 4 aromatic rings. The van der Waals surface area contributed by atoms with E-state index in [1.807, 2.05) is 47.2 Å². The second-order valence-electron chi connectivity index (χ2n) is 9.49. The third kappa shape index (κ3) is 8.00. The standard InChI is InChI=1S/C27H28ClN5O5S.ClH/c1-39(35,36)16-25(34)29-10-12-33-11-9-23-26(33)27(31-17-30-23)32-19-7-8-24(22(28)13-19)38-21-4-2-3-20(14-21)37-15-18-5-6-18;/h2-4,7-9,11,13-14,17-18H,5-6,10,12,15-16H2,1H3,(H,29,34)(H,30,31,32);1H. The molecule has 5 rings (SSSR count). The number of nitrogens with zero attached hydrogens (tertiary/aromatic N) is 3. The fraction of sp³-hybridized carbons (Fsp3) is 0.296. The van der Waals surface area contributed by atoms with E-state index < -0.39 is 21.5 Å². The zero-order valence-corrected chi connectivity index (χ0v) is 24.1. The van der Waals surface area contributed by atoms with Gasteiger partial charge >= 0.3 is 0 Å². The molecule has 0 spiro atoms. The first-order chi connectivity index (χ1) is 18.7. The van der Waals surface area contributed by atoms with E-state index in [0.29, 0.717) is 46.0 Å². The summed E-state index contributed by atoms with van der Waals surface area (Å²) in [6.45, 7) is 1.37. The van der Waals surface area contributed by atoms with Gasteiger partial charge in [-0.15, -0.1) is 12.4 Å². The summed E-state index contributed by atoms with van der Waals surface area (Å²) in [4.78, 5) is 20.5. The number of hydrogen-bond acceptors (Lipinski definition) is 8. The number of nitrogens with one attached hydrogen (secondary N) is 2. The highest BCUT2D eigenvalue weighted by Gasteiger charge is 2.22. The van der Waals surface area contributed by atoms with Gasteiger partial charge in [0.15, 0.2) is 15.7 Å². The number of aromatic nitrogens is 3. The first-order valence-corrected chi connectivity index (χ1v) is 14.9. The zero-order valence-electron chi connectivity index (χ0n) is 21.7. The van der Waals surface area contributed by atoms with Crippen LogP contribution in [0.1, 0.15) is 12.8 Å². The SMILES string of the molecule is CS(=O)(=O)CC(=O)NCCn1ccc2ncnc(Nc3ccc(Oc4cccc(OCC5CC5)c4)c(Cl)c3)c21.Cl. The molecule has 1 fully saturated rings. The van der Waals surface area contributed by atoms with Crippen molar-refractivity contribution in [3.63, 3.8) is 0 Å². The second kappa shape index (κ2) is 12.8. The van der Waals surface area contributed by atoms with Gasteiger partial charge in [-0.3, -0.25) is 4.79 Å². The van der Waals surface area contributed by atoms with Crippen molar-refractivity contribution >= 4 is 62.3 Å². The van der Waals surface area contributed by atoms with Crippen LogP contribution in [0.25, 0.3) is 11.0 Å².